The Morgan fingerprint density at radius 2 is 0.792 bits per heavy atom. The Morgan fingerprint density at radius 3 is 1.00 bits per heavy atom. The number of rotatable bonds is 13. The zero-order chi connectivity index (χ0) is 17.1. The van der Waals surface area contributed by atoms with Crippen LogP contribution in [-0.4, -0.2) is 36.0 Å². The summed E-state index contributed by atoms with van der Waals surface area (Å²) >= 11 is 0. The highest BCUT2D eigenvalue weighted by Crippen LogP contribution is 2.49. The van der Waals surface area contributed by atoms with E-state index in [9.17, 15) is 0 Å². The van der Waals surface area contributed by atoms with E-state index in [1.54, 1.807) is 12.3 Å². The monoisotopic (exact) mass is 506 g/mol. The fourth-order valence-electron chi connectivity index (χ4n) is 2.92. The zero-order valence-corrected chi connectivity index (χ0v) is 22.9. The van der Waals surface area contributed by atoms with Crippen LogP contribution in [0.1, 0.15) is 81.1 Å². The highest BCUT2D eigenvalue weighted by molar-refractivity contribution is 8.93. The van der Waals surface area contributed by atoms with Gasteiger partial charge in [0.15, 0.2) is 0 Å². The van der Waals surface area contributed by atoms with Crippen LogP contribution in [0.3, 0.4) is 0 Å². The maximum atomic E-state index is 2.47. The Hall–Kier alpha value is 1.82. The van der Waals surface area contributed by atoms with Gasteiger partial charge in [-0.15, -0.1) is 49.8 Å². The van der Waals surface area contributed by atoms with Crippen LogP contribution < -0.4 is 0 Å². The average molecular weight is 508 g/mol. The van der Waals surface area contributed by atoms with E-state index in [-0.39, 0.29) is 49.8 Å². The molecule has 0 aliphatic heterocycles. The minimum atomic E-state index is 0. The molecule has 0 saturated heterocycles. The van der Waals surface area contributed by atoms with Crippen molar-refractivity contribution in [3.63, 3.8) is 0 Å². The summed E-state index contributed by atoms with van der Waals surface area (Å²) in [7, 11) is 0.562. The summed E-state index contributed by atoms with van der Waals surface area (Å²) in [5, 5.41) is 0. The third-order valence-electron chi connectivity index (χ3n) is 4.59. The fraction of sp³-hybridized carbons (Fsp3) is 1.00. The predicted octanol–water partition coefficient (Wildman–Crippen LogP) is 8.80. The Bertz CT molecular complexity index is 230. The van der Waals surface area contributed by atoms with Crippen molar-refractivity contribution in [3.05, 3.63) is 0 Å². The highest BCUT2D eigenvalue weighted by Gasteiger charge is 2.18. The number of hydrogen-bond donors (Lipinski definition) is 0. The Balaban J connectivity index is -0.00000220. The summed E-state index contributed by atoms with van der Waals surface area (Å²) in [6.45, 7) is 19.3. The summed E-state index contributed by atoms with van der Waals surface area (Å²) in [6, 6.07) is 0. The van der Waals surface area contributed by atoms with E-state index >= 15 is 0 Å². The van der Waals surface area contributed by atoms with E-state index in [1.807, 2.05) is 0 Å². The van der Waals surface area contributed by atoms with Gasteiger partial charge >= 0.3 is 0 Å². The van der Waals surface area contributed by atoms with Crippen LogP contribution in [0.4, 0.5) is 0 Å². The minimum absolute atomic E-state index is 0. The van der Waals surface area contributed by atoms with Gasteiger partial charge < -0.3 is 0 Å². The molecule has 0 bridgehead atoms. The van der Waals surface area contributed by atoms with Crippen LogP contribution in [-0.2, 0) is 0 Å². The molecule has 0 heterocycles. The second-order valence-corrected chi connectivity index (χ2v) is 14.5. The highest BCUT2D eigenvalue weighted by atomic mass is 79.9. The molecule has 0 nitrogen and oxygen atoms in total. The van der Waals surface area contributed by atoms with Crippen LogP contribution in [0.2, 0.25) is 0 Å². The molecular formula is C20H46Br2P2. The fourth-order valence-corrected chi connectivity index (χ4v) is 8.66. The molecule has 0 aliphatic carbocycles. The van der Waals surface area contributed by atoms with Gasteiger partial charge in [-0.05, 0) is 60.6 Å². The minimum Gasteiger partial charge on any atom is -0.114 e. The number of halogens is 2. The SMILES string of the molecule is Br.Br.CC(C)CCCP(CCP(CCCC(C)C)C(C)C)C(C)C. The van der Waals surface area contributed by atoms with Gasteiger partial charge in [0, 0.05) is 0 Å². The van der Waals surface area contributed by atoms with E-state index in [0.717, 1.165) is 23.2 Å². The van der Waals surface area contributed by atoms with Gasteiger partial charge in [-0.3, -0.25) is 0 Å². The lowest BCUT2D eigenvalue weighted by molar-refractivity contribution is 0.577. The van der Waals surface area contributed by atoms with E-state index in [0.29, 0.717) is 0 Å². The maximum absolute atomic E-state index is 2.47. The van der Waals surface area contributed by atoms with Crippen LogP contribution in [0.25, 0.3) is 0 Å². The maximum Gasteiger partial charge on any atom is -0.0266 e. The smallest absolute Gasteiger partial charge is 0.0266 e. The summed E-state index contributed by atoms with van der Waals surface area (Å²) in [6.07, 6.45) is 11.9. The van der Waals surface area contributed by atoms with Crippen molar-refractivity contribution in [2.24, 2.45) is 11.8 Å². The molecule has 0 aromatic carbocycles. The van der Waals surface area contributed by atoms with Crippen molar-refractivity contribution in [1.82, 2.24) is 0 Å². The molecule has 0 aromatic rings. The van der Waals surface area contributed by atoms with E-state index in [2.05, 4.69) is 55.4 Å². The Morgan fingerprint density at radius 1 is 0.500 bits per heavy atom. The van der Waals surface area contributed by atoms with Crippen LogP contribution in [0.5, 0.6) is 0 Å². The van der Waals surface area contributed by atoms with E-state index in [1.165, 1.54) is 38.0 Å². The number of hydrogen-bond acceptors (Lipinski definition) is 0. The molecule has 0 saturated carbocycles. The molecule has 2 atom stereocenters. The molecule has 0 amide bonds. The molecular weight excluding hydrogens is 462 g/mol. The zero-order valence-electron chi connectivity index (χ0n) is 17.7. The molecule has 0 aromatic heterocycles. The lowest BCUT2D eigenvalue weighted by atomic mass is 10.1. The van der Waals surface area contributed by atoms with Crippen molar-refractivity contribution in [2.75, 3.05) is 24.6 Å². The van der Waals surface area contributed by atoms with Crippen molar-refractivity contribution in [3.8, 4) is 0 Å². The molecule has 0 aliphatic rings. The molecule has 24 heavy (non-hydrogen) atoms. The molecule has 0 spiro atoms. The van der Waals surface area contributed by atoms with Crippen LogP contribution in [0, 0.1) is 11.8 Å². The normalized spacial score (nSPS) is 14.0. The van der Waals surface area contributed by atoms with Crippen molar-refractivity contribution in [1.29, 1.82) is 0 Å². The summed E-state index contributed by atoms with van der Waals surface area (Å²) in [5.74, 6) is 1.76. The molecule has 4 heteroatoms. The summed E-state index contributed by atoms with van der Waals surface area (Å²) < 4.78 is 0. The molecule has 0 rings (SSSR count). The van der Waals surface area contributed by atoms with Crippen molar-refractivity contribution >= 4 is 49.8 Å². The van der Waals surface area contributed by atoms with Gasteiger partial charge in [0.2, 0.25) is 0 Å². The Labute approximate surface area is 178 Å². The first-order valence-corrected chi connectivity index (χ1v) is 13.3. The molecule has 0 fully saturated rings. The van der Waals surface area contributed by atoms with Gasteiger partial charge in [0.05, 0.1) is 0 Å². The van der Waals surface area contributed by atoms with Gasteiger partial charge in [-0.1, -0.05) is 68.2 Å². The first kappa shape index (κ1) is 30.5. The van der Waals surface area contributed by atoms with Crippen LogP contribution >= 0.6 is 49.8 Å². The first-order chi connectivity index (χ1) is 10.2. The topological polar surface area (TPSA) is 0 Å². The van der Waals surface area contributed by atoms with Crippen molar-refractivity contribution in [2.45, 2.75) is 92.4 Å². The summed E-state index contributed by atoms with van der Waals surface area (Å²) in [4.78, 5) is 0. The third-order valence-corrected chi connectivity index (χ3v) is 11.2. The lowest BCUT2D eigenvalue weighted by Crippen LogP contribution is -2.09. The predicted molar refractivity (Wildman–Crippen MR) is 132 cm³/mol. The van der Waals surface area contributed by atoms with E-state index in [4.69, 9.17) is 0 Å². The average Bonchev–Trinajstić information content (AvgIpc) is 2.38. The summed E-state index contributed by atoms with van der Waals surface area (Å²) in [5.41, 5.74) is 1.86. The second-order valence-electron chi connectivity index (χ2n) is 8.33. The van der Waals surface area contributed by atoms with Crippen LogP contribution in [0.15, 0.2) is 0 Å². The molecule has 0 N–H and O–H groups in total. The van der Waals surface area contributed by atoms with E-state index < -0.39 is 0 Å². The largest absolute Gasteiger partial charge is 0.114 e. The molecule has 150 valence electrons. The Kier molecular flexibility index (Phi) is 23.2. The van der Waals surface area contributed by atoms with Gasteiger partial charge in [0.25, 0.3) is 0 Å². The van der Waals surface area contributed by atoms with Gasteiger partial charge in [0.1, 0.15) is 0 Å². The van der Waals surface area contributed by atoms with Gasteiger partial charge in [-0.25, -0.2) is 0 Å². The standard InChI is InChI=1S/C20H44P2.2BrH/c1-17(2)11-9-13-21(19(5)6)15-16-22(20(7)8)14-10-12-18(3)4;;/h17-20H,9-16H2,1-8H3;2*1H. The molecule has 2 unspecified atom stereocenters. The first-order valence-electron chi connectivity index (χ1n) is 9.72. The quantitative estimate of drug-likeness (QED) is 0.218. The second kappa shape index (κ2) is 18.2. The molecule has 0 radical (unpaired) electrons. The van der Waals surface area contributed by atoms with Crippen molar-refractivity contribution < 1.29 is 0 Å². The van der Waals surface area contributed by atoms with Gasteiger partial charge in [-0.2, -0.15) is 0 Å². The lowest BCUT2D eigenvalue weighted by Gasteiger charge is -2.27. The third kappa shape index (κ3) is 17.2.